The van der Waals surface area contributed by atoms with E-state index in [9.17, 15) is 4.79 Å². The summed E-state index contributed by atoms with van der Waals surface area (Å²) in [6.07, 6.45) is 2.88. The highest BCUT2D eigenvalue weighted by atomic mass is 16.5. The van der Waals surface area contributed by atoms with Gasteiger partial charge in [0.25, 0.3) is 0 Å². The van der Waals surface area contributed by atoms with Crippen LogP contribution in [-0.4, -0.2) is 56.2 Å². The minimum absolute atomic E-state index is 0.151. The Bertz CT molecular complexity index is 482. The highest BCUT2D eigenvalue weighted by Crippen LogP contribution is 2.21. The Balaban J connectivity index is 1.58. The average molecular weight is 317 g/mol. The van der Waals surface area contributed by atoms with Crippen molar-refractivity contribution in [2.75, 3.05) is 39.4 Å². The van der Waals surface area contributed by atoms with Crippen molar-refractivity contribution in [2.45, 2.75) is 31.3 Å². The Kier molecular flexibility index (Phi) is 6.02. The van der Waals surface area contributed by atoms with Gasteiger partial charge in [-0.2, -0.15) is 0 Å². The molecule has 2 atom stereocenters. The van der Waals surface area contributed by atoms with Gasteiger partial charge in [0.2, 0.25) is 5.91 Å². The molecular formula is C18H27N3O2. The summed E-state index contributed by atoms with van der Waals surface area (Å²) in [5, 5.41) is 6.53. The quantitative estimate of drug-likeness (QED) is 0.831. The first-order chi connectivity index (χ1) is 11.3. The third-order valence-electron chi connectivity index (χ3n) is 4.76. The number of morpholine rings is 1. The van der Waals surface area contributed by atoms with E-state index in [-0.39, 0.29) is 11.9 Å². The van der Waals surface area contributed by atoms with Gasteiger partial charge in [-0.3, -0.25) is 9.69 Å². The molecule has 126 valence electrons. The molecule has 2 unspecified atom stereocenters. The van der Waals surface area contributed by atoms with Crippen LogP contribution in [0.2, 0.25) is 0 Å². The van der Waals surface area contributed by atoms with Crippen LogP contribution in [-0.2, 0) is 9.53 Å². The summed E-state index contributed by atoms with van der Waals surface area (Å²) in [5.41, 5.74) is 1.26. The zero-order valence-corrected chi connectivity index (χ0v) is 13.7. The van der Waals surface area contributed by atoms with Gasteiger partial charge in [0, 0.05) is 32.1 Å². The van der Waals surface area contributed by atoms with Gasteiger partial charge < -0.3 is 15.4 Å². The minimum atomic E-state index is 0.151. The van der Waals surface area contributed by atoms with E-state index in [2.05, 4.69) is 39.8 Å². The smallest absolute Gasteiger partial charge is 0.221 e. The maximum absolute atomic E-state index is 12.2. The molecule has 0 bridgehead atoms. The SMILES string of the molecule is O=C(CC1CCCN1)NCC(c1ccccc1)N1CCOCC1. The number of nitrogens with zero attached hydrogens (tertiary/aromatic N) is 1. The number of carbonyl (C=O) groups is 1. The standard InChI is InChI=1S/C18H27N3O2/c22-18(13-16-7-4-8-19-16)20-14-17(15-5-2-1-3-6-15)21-9-11-23-12-10-21/h1-3,5-6,16-17,19H,4,7-14H2,(H,20,22). The molecule has 1 aromatic carbocycles. The number of hydrogen-bond acceptors (Lipinski definition) is 4. The highest BCUT2D eigenvalue weighted by Gasteiger charge is 2.24. The van der Waals surface area contributed by atoms with E-state index in [4.69, 9.17) is 4.74 Å². The lowest BCUT2D eigenvalue weighted by molar-refractivity contribution is -0.121. The number of benzene rings is 1. The van der Waals surface area contributed by atoms with Crippen molar-refractivity contribution in [1.29, 1.82) is 0 Å². The zero-order valence-electron chi connectivity index (χ0n) is 13.7. The van der Waals surface area contributed by atoms with Gasteiger partial charge in [-0.1, -0.05) is 30.3 Å². The maximum atomic E-state index is 12.2. The number of rotatable bonds is 6. The van der Waals surface area contributed by atoms with Crippen LogP contribution in [0.25, 0.3) is 0 Å². The van der Waals surface area contributed by atoms with Gasteiger partial charge in [-0.05, 0) is 24.9 Å². The number of amides is 1. The van der Waals surface area contributed by atoms with E-state index in [0.717, 1.165) is 39.3 Å². The van der Waals surface area contributed by atoms with Crippen molar-refractivity contribution in [2.24, 2.45) is 0 Å². The van der Waals surface area contributed by atoms with Gasteiger partial charge in [0.15, 0.2) is 0 Å². The fraction of sp³-hybridized carbons (Fsp3) is 0.611. The van der Waals surface area contributed by atoms with Crippen LogP contribution >= 0.6 is 0 Å². The Labute approximate surface area is 138 Å². The zero-order chi connectivity index (χ0) is 15.9. The van der Waals surface area contributed by atoms with Crippen molar-refractivity contribution < 1.29 is 9.53 Å². The van der Waals surface area contributed by atoms with Crippen LogP contribution in [0.1, 0.15) is 30.9 Å². The third kappa shape index (κ3) is 4.77. The third-order valence-corrected chi connectivity index (χ3v) is 4.76. The largest absolute Gasteiger partial charge is 0.379 e. The molecule has 1 aromatic rings. The first kappa shape index (κ1) is 16.4. The topological polar surface area (TPSA) is 53.6 Å². The molecule has 2 N–H and O–H groups in total. The van der Waals surface area contributed by atoms with E-state index < -0.39 is 0 Å². The van der Waals surface area contributed by atoms with Crippen molar-refractivity contribution in [3.63, 3.8) is 0 Å². The van der Waals surface area contributed by atoms with Crippen LogP contribution in [0.3, 0.4) is 0 Å². The Morgan fingerprint density at radius 1 is 1.30 bits per heavy atom. The Hall–Kier alpha value is -1.43. The van der Waals surface area contributed by atoms with Gasteiger partial charge in [0.05, 0.1) is 19.3 Å². The van der Waals surface area contributed by atoms with Crippen molar-refractivity contribution >= 4 is 5.91 Å². The number of carbonyl (C=O) groups excluding carboxylic acids is 1. The molecule has 2 heterocycles. The number of ether oxygens (including phenoxy) is 1. The van der Waals surface area contributed by atoms with E-state index in [1.807, 2.05) is 6.07 Å². The van der Waals surface area contributed by atoms with Crippen molar-refractivity contribution in [3.8, 4) is 0 Å². The second-order valence-electron chi connectivity index (χ2n) is 6.38. The molecule has 1 amide bonds. The van der Waals surface area contributed by atoms with Gasteiger partial charge in [0.1, 0.15) is 0 Å². The van der Waals surface area contributed by atoms with Gasteiger partial charge >= 0.3 is 0 Å². The molecule has 2 aliphatic heterocycles. The summed E-state index contributed by atoms with van der Waals surface area (Å²) < 4.78 is 5.46. The molecule has 0 radical (unpaired) electrons. The van der Waals surface area contributed by atoms with E-state index in [1.165, 1.54) is 12.0 Å². The highest BCUT2D eigenvalue weighted by molar-refractivity contribution is 5.76. The lowest BCUT2D eigenvalue weighted by Crippen LogP contribution is -2.44. The molecule has 5 nitrogen and oxygen atoms in total. The second-order valence-corrected chi connectivity index (χ2v) is 6.38. The van der Waals surface area contributed by atoms with Crippen LogP contribution < -0.4 is 10.6 Å². The van der Waals surface area contributed by atoms with Gasteiger partial charge in [-0.15, -0.1) is 0 Å². The number of hydrogen-bond donors (Lipinski definition) is 2. The number of nitrogens with one attached hydrogen (secondary N) is 2. The molecule has 3 rings (SSSR count). The molecule has 2 aliphatic rings. The first-order valence-corrected chi connectivity index (χ1v) is 8.70. The molecule has 0 aromatic heterocycles. The fourth-order valence-electron chi connectivity index (χ4n) is 3.46. The summed E-state index contributed by atoms with van der Waals surface area (Å²) in [4.78, 5) is 14.6. The van der Waals surface area contributed by atoms with Crippen molar-refractivity contribution in [3.05, 3.63) is 35.9 Å². The van der Waals surface area contributed by atoms with Crippen LogP contribution in [0, 0.1) is 0 Å². The molecule has 5 heteroatoms. The second kappa shape index (κ2) is 8.43. The molecular weight excluding hydrogens is 290 g/mol. The average Bonchev–Trinajstić information content (AvgIpc) is 3.10. The van der Waals surface area contributed by atoms with E-state index >= 15 is 0 Å². The summed E-state index contributed by atoms with van der Waals surface area (Å²) in [6, 6.07) is 11.0. The molecule has 0 aliphatic carbocycles. The molecule has 23 heavy (non-hydrogen) atoms. The van der Waals surface area contributed by atoms with Crippen molar-refractivity contribution in [1.82, 2.24) is 15.5 Å². The lowest BCUT2D eigenvalue weighted by Gasteiger charge is -2.35. The first-order valence-electron chi connectivity index (χ1n) is 8.70. The predicted molar refractivity (Wildman–Crippen MR) is 90.2 cm³/mol. The van der Waals surface area contributed by atoms with Crippen LogP contribution in [0.5, 0.6) is 0 Å². The van der Waals surface area contributed by atoms with Gasteiger partial charge in [-0.25, -0.2) is 0 Å². The molecule has 0 saturated carbocycles. The normalized spacial score (nSPS) is 23.6. The predicted octanol–water partition coefficient (Wildman–Crippen LogP) is 1.32. The Morgan fingerprint density at radius 3 is 2.78 bits per heavy atom. The molecule has 0 spiro atoms. The maximum Gasteiger partial charge on any atom is 0.221 e. The fourth-order valence-corrected chi connectivity index (χ4v) is 3.46. The summed E-state index contributed by atoms with van der Waals surface area (Å²) in [5.74, 6) is 0.151. The summed E-state index contributed by atoms with van der Waals surface area (Å²) in [6.45, 7) is 5.07. The van der Waals surface area contributed by atoms with E-state index in [0.29, 0.717) is 19.0 Å². The van der Waals surface area contributed by atoms with Crippen LogP contribution in [0.4, 0.5) is 0 Å². The summed E-state index contributed by atoms with van der Waals surface area (Å²) in [7, 11) is 0. The minimum Gasteiger partial charge on any atom is -0.379 e. The lowest BCUT2D eigenvalue weighted by atomic mass is 10.0. The monoisotopic (exact) mass is 317 g/mol. The van der Waals surface area contributed by atoms with Crippen LogP contribution in [0.15, 0.2) is 30.3 Å². The molecule has 2 fully saturated rings. The van der Waals surface area contributed by atoms with E-state index in [1.54, 1.807) is 0 Å². The summed E-state index contributed by atoms with van der Waals surface area (Å²) >= 11 is 0. The Morgan fingerprint density at radius 2 is 2.09 bits per heavy atom. The molecule has 2 saturated heterocycles.